The molecule has 0 aliphatic heterocycles. The molecule has 3 N–H and O–H groups in total. The second-order valence-corrected chi connectivity index (χ2v) is 3.70. The van der Waals surface area contributed by atoms with Crippen LogP contribution in [0, 0.1) is 0 Å². The number of nitrogen functional groups attached to an aromatic ring is 1. The van der Waals surface area contributed by atoms with Gasteiger partial charge in [-0.1, -0.05) is 6.07 Å². The quantitative estimate of drug-likeness (QED) is 0.784. The monoisotopic (exact) mass is 243 g/mol. The van der Waals surface area contributed by atoms with E-state index in [4.69, 9.17) is 10.8 Å². The topological polar surface area (TPSA) is 63.3 Å². The molecule has 1 aromatic rings. The van der Waals surface area contributed by atoms with Gasteiger partial charge in [-0.25, -0.2) is 0 Å². The third-order valence-corrected chi connectivity index (χ3v) is 2.58. The van der Waals surface area contributed by atoms with Gasteiger partial charge < -0.3 is 10.8 Å². The van der Waals surface area contributed by atoms with E-state index in [2.05, 4.69) is 15.9 Å². The lowest BCUT2D eigenvalue weighted by Crippen LogP contribution is -2.07. The van der Waals surface area contributed by atoms with Gasteiger partial charge in [-0.05, 0) is 40.5 Å². The Balaban J connectivity index is 3.03. The first-order chi connectivity index (χ1) is 6.02. The zero-order valence-electron chi connectivity index (χ0n) is 7.12. The predicted molar refractivity (Wildman–Crippen MR) is 54.6 cm³/mol. The third-order valence-electron chi connectivity index (χ3n) is 1.89. The first-order valence-corrected chi connectivity index (χ1v) is 4.59. The molecule has 3 nitrogen and oxygen atoms in total. The Bertz CT molecular complexity index is 338. The molecule has 0 saturated heterocycles. The number of hydrogen-bond acceptors (Lipinski definition) is 2. The van der Waals surface area contributed by atoms with Gasteiger partial charge >= 0.3 is 5.97 Å². The average Bonchev–Trinajstić information content (AvgIpc) is 2.08. The number of aliphatic carboxylic acids is 1. The average molecular weight is 244 g/mol. The Labute approximate surface area is 84.7 Å². The number of benzene rings is 1. The minimum absolute atomic E-state index is 0.503. The summed E-state index contributed by atoms with van der Waals surface area (Å²) in [6.45, 7) is 1.64. The zero-order chi connectivity index (χ0) is 10.0. The summed E-state index contributed by atoms with van der Waals surface area (Å²) >= 11 is 3.25. The van der Waals surface area contributed by atoms with Crippen LogP contribution in [-0.2, 0) is 4.79 Å². The Morgan fingerprint density at radius 3 is 2.69 bits per heavy atom. The molecule has 0 amide bonds. The largest absolute Gasteiger partial charge is 0.481 e. The number of carboxylic acid groups (broad SMARTS) is 1. The van der Waals surface area contributed by atoms with E-state index >= 15 is 0 Å². The van der Waals surface area contributed by atoms with Crippen LogP contribution in [0.25, 0.3) is 0 Å². The molecule has 0 fully saturated rings. The van der Waals surface area contributed by atoms with Gasteiger partial charge in [-0.3, -0.25) is 4.79 Å². The molecule has 0 aromatic heterocycles. The second kappa shape index (κ2) is 3.79. The van der Waals surface area contributed by atoms with E-state index in [9.17, 15) is 4.79 Å². The molecule has 0 aliphatic carbocycles. The maximum atomic E-state index is 10.6. The summed E-state index contributed by atoms with van der Waals surface area (Å²) in [5.41, 5.74) is 6.93. The Hall–Kier alpha value is -1.03. The maximum absolute atomic E-state index is 10.6. The third kappa shape index (κ3) is 2.21. The molecule has 0 spiro atoms. The lowest BCUT2D eigenvalue weighted by atomic mass is 10.0. The van der Waals surface area contributed by atoms with Crippen LogP contribution >= 0.6 is 15.9 Å². The lowest BCUT2D eigenvalue weighted by molar-refractivity contribution is -0.138. The number of carbonyl (C=O) groups is 1. The molecule has 1 unspecified atom stereocenters. The fraction of sp³-hybridized carbons (Fsp3) is 0.222. The number of anilines is 1. The molecule has 0 radical (unpaired) electrons. The van der Waals surface area contributed by atoms with Crippen molar-refractivity contribution >= 4 is 27.6 Å². The Morgan fingerprint density at radius 2 is 2.23 bits per heavy atom. The van der Waals surface area contributed by atoms with Crippen LogP contribution in [0.2, 0.25) is 0 Å². The highest BCUT2D eigenvalue weighted by molar-refractivity contribution is 9.10. The van der Waals surface area contributed by atoms with Crippen LogP contribution < -0.4 is 5.73 Å². The highest BCUT2D eigenvalue weighted by atomic mass is 79.9. The van der Waals surface area contributed by atoms with Crippen molar-refractivity contribution in [2.45, 2.75) is 12.8 Å². The van der Waals surface area contributed by atoms with E-state index in [1.807, 2.05) is 0 Å². The van der Waals surface area contributed by atoms with Gasteiger partial charge in [0.1, 0.15) is 0 Å². The fourth-order valence-electron chi connectivity index (χ4n) is 0.955. The van der Waals surface area contributed by atoms with Gasteiger partial charge in [-0.2, -0.15) is 0 Å². The summed E-state index contributed by atoms with van der Waals surface area (Å²) in [4.78, 5) is 10.6. The van der Waals surface area contributed by atoms with Crippen molar-refractivity contribution in [2.75, 3.05) is 5.73 Å². The number of nitrogens with two attached hydrogens (primary N) is 1. The molecule has 0 aliphatic rings. The van der Waals surface area contributed by atoms with Gasteiger partial charge in [-0.15, -0.1) is 0 Å². The van der Waals surface area contributed by atoms with Crippen LogP contribution in [0.5, 0.6) is 0 Å². The molecular formula is C9H10BrNO2. The fourth-order valence-corrected chi connectivity index (χ4v) is 1.35. The van der Waals surface area contributed by atoms with Crippen molar-refractivity contribution in [1.82, 2.24) is 0 Å². The van der Waals surface area contributed by atoms with Gasteiger partial charge in [0.05, 0.1) is 5.92 Å². The standard InChI is InChI=1S/C9H10BrNO2/c1-5(9(12)13)6-2-3-8(11)7(10)4-6/h2-5H,11H2,1H3,(H,12,13). The molecule has 70 valence electrons. The van der Waals surface area contributed by atoms with E-state index in [1.54, 1.807) is 25.1 Å². The molecule has 1 aromatic carbocycles. The highest BCUT2D eigenvalue weighted by Gasteiger charge is 2.13. The molecule has 1 rings (SSSR count). The molecule has 4 heteroatoms. The first-order valence-electron chi connectivity index (χ1n) is 3.80. The molecule has 0 heterocycles. The SMILES string of the molecule is CC(C(=O)O)c1ccc(N)c(Br)c1. The van der Waals surface area contributed by atoms with Crippen molar-refractivity contribution in [2.24, 2.45) is 0 Å². The van der Waals surface area contributed by atoms with E-state index in [0.717, 1.165) is 10.0 Å². The lowest BCUT2D eigenvalue weighted by Gasteiger charge is -2.07. The zero-order valence-corrected chi connectivity index (χ0v) is 8.71. The molecular weight excluding hydrogens is 234 g/mol. The van der Waals surface area contributed by atoms with Crippen molar-refractivity contribution < 1.29 is 9.90 Å². The summed E-state index contributed by atoms with van der Waals surface area (Å²) < 4.78 is 0.734. The van der Waals surface area contributed by atoms with Crippen LogP contribution in [0.4, 0.5) is 5.69 Å². The van der Waals surface area contributed by atoms with E-state index in [0.29, 0.717) is 5.69 Å². The summed E-state index contributed by atoms with van der Waals surface area (Å²) in [5, 5.41) is 8.75. The minimum Gasteiger partial charge on any atom is -0.481 e. The number of rotatable bonds is 2. The summed E-state index contributed by atoms with van der Waals surface area (Å²) in [6, 6.07) is 5.14. The van der Waals surface area contributed by atoms with Crippen LogP contribution in [-0.4, -0.2) is 11.1 Å². The second-order valence-electron chi connectivity index (χ2n) is 2.84. The van der Waals surface area contributed by atoms with Crippen molar-refractivity contribution in [3.8, 4) is 0 Å². The summed E-state index contributed by atoms with van der Waals surface area (Å²) in [5.74, 6) is -1.34. The predicted octanol–water partition coefficient (Wildman–Crippen LogP) is 2.22. The molecule has 13 heavy (non-hydrogen) atoms. The van der Waals surface area contributed by atoms with Crippen molar-refractivity contribution in [3.05, 3.63) is 28.2 Å². The first kappa shape index (κ1) is 10.1. The molecule has 0 bridgehead atoms. The van der Waals surface area contributed by atoms with Crippen molar-refractivity contribution in [3.63, 3.8) is 0 Å². The summed E-state index contributed by atoms with van der Waals surface area (Å²) in [6.07, 6.45) is 0. The normalized spacial score (nSPS) is 12.5. The van der Waals surface area contributed by atoms with Crippen LogP contribution in [0.1, 0.15) is 18.4 Å². The summed E-state index contributed by atoms with van der Waals surface area (Å²) in [7, 11) is 0. The highest BCUT2D eigenvalue weighted by Crippen LogP contribution is 2.24. The van der Waals surface area contributed by atoms with Crippen molar-refractivity contribution in [1.29, 1.82) is 0 Å². The Kier molecular flexibility index (Phi) is 2.93. The van der Waals surface area contributed by atoms with E-state index in [1.165, 1.54) is 0 Å². The van der Waals surface area contributed by atoms with E-state index in [-0.39, 0.29) is 0 Å². The maximum Gasteiger partial charge on any atom is 0.310 e. The Morgan fingerprint density at radius 1 is 1.62 bits per heavy atom. The van der Waals surface area contributed by atoms with Crippen LogP contribution in [0.15, 0.2) is 22.7 Å². The smallest absolute Gasteiger partial charge is 0.310 e. The number of carboxylic acids is 1. The van der Waals surface area contributed by atoms with Gasteiger partial charge in [0.15, 0.2) is 0 Å². The van der Waals surface area contributed by atoms with E-state index < -0.39 is 11.9 Å². The number of hydrogen-bond donors (Lipinski definition) is 2. The van der Waals surface area contributed by atoms with Gasteiger partial charge in [0.2, 0.25) is 0 Å². The van der Waals surface area contributed by atoms with Gasteiger partial charge in [0.25, 0.3) is 0 Å². The van der Waals surface area contributed by atoms with Gasteiger partial charge in [0, 0.05) is 10.2 Å². The number of halogens is 1. The van der Waals surface area contributed by atoms with Crippen LogP contribution in [0.3, 0.4) is 0 Å². The molecule has 1 atom stereocenters. The molecule has 0 saturated carbocycles. The minimum atomic E-state index is -0.836.